The van der Waals surface area contributed by atoms with Gasteiger partial charge in [0.15, 0.2) is 5.13 Å². The number of carbonyl (C=O) groups excluding carboxylic acids is 1. The van der Waals surface area contributed by atoms with Crippen LogP contribution in [0.3, 0.4) is 0 Å². The first-order chi connectivity index (χ1) is 9.60. The van der Waals surface area contributed by atoms with Crippen LogP contribution in [-0.4, -0.2) is 17.7 Å². The lowest BCUT2D eigenvalue weighted by atomic mass is 10.1. The molecule has 0 aliphatic heterocycles. The van der Waals surface area contributed by atoms with Crippen LogP contribution in [0.2, 0.25) is 0 Å². The second-order valence-corrected chi connectivity index (χ2v) is 5.39. The minimum atomic E-state index is -0.508. The largest absolute Gasteiger partial charge is 0.449 e. The first-order valence-electron chi connectivity index (χ1n) is 6.27. The highest BCUT2D eigenvalue weighted by atomic mass is 32.1. The Hall–Kier alpha value is -1.95. The fourth-order valence-electron chi connectivity index (χ4n) is 1.64. The third kappa shape index (κ3) is 3.54. The maximum Gasteiger partial charge on any atom is 0.413 e. The van der Waals surface area contributed by atoms with Crippen LogP contribution in [0.15, 0.2) is 24.3 Å². The van der Waals surface area contributed by atoms with Crippen LogP contribution in [0.4, 0.5) is 14.3 Å². The summed E-state index contributed by atoms with van der Waals surface area (Å²) in [7, 11) is 0. The molecule has 2 aromatic rings. The Morgan fingerprint density at radius 3 is 2.75 bits per heavy atom. The molecule has 6 heteroatoms. The standard InChI is InChI=1S/C14H15FN2O2S/c1-3-8-19-14(18)17-13-16-12(9(2)20-13)10-4-6-11(15)7-5-10/h4-7H,3,8H2,1-2H3,(H,16,17,18). The van der Waals surface area contributed by atoms with Gasteiger partial charge in [-0.1, -0.05) is 6.92 Å². The quantitative estimate of drug-likeness (QED) is 0.918. The van der Waals surface area contributed by atoms with E-state index in [0.717, 1.165) is 22.6 Å². The van der Waals surface area contributed by atoms with E-state index in [0.29, 0.717) is 11.7 Å². The molecule has 1 aromatic heterocycles. The molecule has 0 unspecified atom stereocenters. The SMILES string of the molecule is CCCOC(=O)Nc1nc(-c2ccc(F)cc2)c(C)s1. The summed E-state index contributed by atoms with van der Waals surface area (Å²) in [6.07, 6.45) is 0.261. The van der Waals surface area contributed by atoms with E-state index < -0.39 is 6.09 Å². The van der Waals surface area contributed by atoms with Gasteiger partial charge in [0.25, 0.3) is 0 Å². The van der Waals surface area contributed by atoms with E-state index in [1.807, 2.05) is 13.8 Å². The van der Waals surface area contributed by atoms with Crippen molar-refractivity contribution in [2.24, 2.45) is 0 Å². The van der Waals surface area contributed by atoms with Crippen molar-refractivity contribution >= 4 is 22.6 Å². The van der Waals surface area contributed by atoms with Gasteiger partial charge in [0.2, 0.25) is 0 Å². The number of thiazole rings is 1. The molecule has 106 valence electrons. The van der Waals surface area contributed by atoms with E-state index in [2.05, 4.69) is 10.3 Å². The molecule has 4 nitrogen and oxygen atoms in total. The number of benzene rings is 1. The molecular formula is C14H15FN2O2S. The summed E-state index contributed by atoms with van der Waals surface area (Å²) in [6.45, 7) is 4.20. The highest BCUT2D eigenvalue weighted by Gasteiger charge is 2.12. The fraction of sp³-hybridized carbons (Fsp3) is 0.286. The number of ether oxygens (including phenoxy) is 1. The number of aryl methyl sites for hydroxylation is 1. The number of rotatable bonds is 4. The third-order valence-electron chi connectivity index (χ3n) is 2.56. The first-order valence-corrected chi connectivity index (χ1v) is 7.09. The molecular weight excluding hydrogens is 279 g/mol. The van der Waals surface area contributed by atoms with E-state index in [4.69, 9.17) is 4.74 Å². The number of anilines is 1. The van der Waals surface area contributed by atoms with Crippen LogP contribution in [0, 0.1) is 12.7 Å². The van der Waals surface area contributed by atoms with Gasteiger partial charge in [0.05, 0.1) is 12.3 Å². The van der Waals surface area contributed by atoms with Gasteiger partial charge in [-0.15, -0.1) is 11.3 Å². The Morgan fingerprint density at radius 1 is 1.40 bits per heavy atom. The van der Waals surface area contributed by atoms with Crippen molar-refractivity contribution in [1.82, 2.24) is 4.98 Å². The van der Waals surface area contributed by atoms with Crippen LogP contribution in [0.1, 0.15) is 18.2 Å². The number of nitrogens with zero attached hydrogens (tertiary/aromatic N) is 1. The lowest BCUT2D eigenvalue weighted by molar-refractivity contribution is 0.161. The smallest absolute Gasteiger partial charge is 0.413 e. The highest BCUT2D eigenvalue weighted by Crippen LogP contribution is 2.30. The topological polar surface area (TPSA) is 51.2 Å². The summed E-state index contributed by atoms with van der Waals surface area (Å²) in [5.74, 6) is -0.289. The number of halogens is 1. The highest BCUT2D eigenvalue weighted by molar-refractivity contribution is 7.16. The van der Waals surface area contributed by atoms with Crippen molar-refractivity contribution in [1.29, 1.82) is 0 Å². The Labute approximate surface area is 120 Å². The number of carbonyl (C=O) groups is 1. The van der Waals surface area contributed by atoms with Crippen LogP contribution < -0.4 is 5.32 Å². The molecule has 1 aromatic carbocycles. The molecule has 0 spiro atoms. The molecule has 0 saturated heterocycles. The lowest BCUT2D eigenvalue weighted by Crippen LogP contribution is -2.13. The minimum Gasteiger partial charge on any atom is -0.449 e. The molecule has 0 saturated carbocycles. The van der Waals surface area contributed by atoms with Gasteiger partial charge < -0.3 is 4.74 Å². The van der Waals surface area contributed by atoms with E-state index in [-0.39, 0.29) is 5.82 Å². The molecule has 1 heterocycles. The Kier molecular flexibility index (Phi) is 4.68. The number of hydrogen-bond donors (Lipinski definition) is 1. The van der Waals surface area contributed by atoms with Gasteiger partial charge in [-0.2, -0.15) is 0 Å². The van der Waals surface area contributed by atoms with Gasteiger partial charge in [-0.25, -0.2) is 14.2 Å². The van der Waals surface area contributed by atoms with Crippen LogP contribution in [-0.2, 0) is 4.74 Å². The van der Waals surface area contributed by atoms with E-state index >= 15 is 0 Å². The minimum absolute atomic E-state index is 0.289. The summed E-state index contributed by atoms with van der Waals surface area (Å²) in [5.41, 5.74) is 1.55. The third-order valence-corrected chi connectivity index (χ3v) is 3.45. The molecule has 1 amide bonds. The van der Waals surface area contributed by atoms with Gasteiger partial charge in [0.1, 0.15) is 5.82 Å². The molecule has 0 bridgehead atoms. The zero-order valence-corrected chi connectivity index (χ0v) is 12.1. The van der Waals surface area contributed by atoms with E-state index in [1.165, 1.54) is 23.5 Å². The summed E-state index contributed by atoms with van der Waals surface area (Å²) in [6, 6.07) is 6.10. The molecule has 0 aliphatic carbocycles. The van der Waals surface area contributed by atoms with Crippen LogP contribution in [0.25, 0.3) is 11.3 Å². The normalized spacial score (nSPS) is 10.3. The predicted octanol–water partition coefficient (Wildman–Crippen LogP) is 4.22. The van der Waals surface area contributed by atoms with E-state index in [9.17, 15) is 9.18 Å². The number of aromatic nitrogens is 1. The van der Waals surface area contributed by atoms with Gasteiger partial charge >= 0.3 is 6.09 Å². The summed E-state index contributed by atoms with van der Waals surface area (Å²) >= 11 is 1.36. The molecule has 2 rings (SSSR count). The summed E-state index contributed by atoms with van der Waals surface area (Å²) in [5, 5.41) is 3.07. The molecule has 0 atom stereocenters. The number of nitrogens with one attached hydrogen (secondary N) is 1. The van der Waals surface area contributed by atoms with Crippen molar-refractivity contribution in [3.63, 3.8) is 0 Å². The second kappa shape index (κ2) is 6.47. The van der Waals surface area contributed by atoms with Gasteiger partial charge in [-0.05, 0) is 37.6 Å². The summed E-state index contributed by atoms with van der Waals surface area (Å²) < 4.78 is 17.8. The molecule has 1 N–H and O–H groups in total. The van der Waals surface area contributed by atoms with Crippen LogP contribution >= 0.6 is 11.3 Å². The number of amides is 1. The van der Waals surface area contributed by atoms with Crippen molar-refractivity contribution in [2.45, 2.75) is 20.3 Å². The predicted molar refractivity (Wildman–Crippen MR) is 77.5 cm³/mol. The van der Waals surface area contributed by atoms with Crippen LogP contribution in [0.5, 0.6) is 0 Å². The Bertz CT molecular complexity index is 596. The van der Waals surface area contributed by atoms with Crippen molar-refractivity contribution in [2.75, 3.05) is 11.9 Å². The molecule has 0 fully saturated rings. The number of hydrogen-bond acceptors (Lipinski definition) is 4. The Morgan fingerprint density at radius 2 is 2.10 bits per heavy atom. The lowest BCUT2D eigenvalue weighted by Gasteiger charge is -2.02. The zero-order valence-electron chi connectivity index (χ0n) is 11.3. The van der Waals surface area contributed by atoms with Crippen molar-refractivity contribution in [3.8, 4) is 11.3 Å². The van der Waals surface area contributed by atoms with Crippen molar-refractivity contribution in [3.05, 3.63) is 35.0 Å². The second-order valence-electron chi connectivity index (χ2n) is 4.19. The average Bonchev–Trinajstić information content (AvgIpc) is 2.78. The van der Waals surface area contributed by atoms with Gasteiger partial charge in [-0.3, -0.25) is 5.32 Å². The zero-order chi connectivity index (χ0) is 14.5. The summed E-state index contributed by atoms with van der Waals surface area (Å²) in [4.78, 5) is 16.7. The maximum absolute atomic E-state index is 12.9. The Balaban J connectivity index is 2.13. The molecule has 0 aliphatic rings. The monoisotopic (exact) mass is 294 g/mol. The fourth-order valence-corrected chi connectivity index (χ4v) is 2.47. The van der Waals surface area contributed by atoms with Crippen molar-refractivity contribution < 1.29 is 13.9 Å². The average molecular weight is 294 g/mol. The van der Waals surface area contributed by atoms with E-state index in [1.54, 1.807) is 12.1 Å². The first kappa shape index (κ1) is 14.5. The van der Waals surface area contributed by atoms with Gasteiger partial charge in [0, 0.05) is 10.4 Å². The molecule has 0 radical (unpaired) electrons. The maximum atomic E-state index is 12.9. The molecule has 20 heavy (non-hydrogen) atoms.